The molecule has 1 heterocycles. The molecule has 0 N–H and O–H groups in total. The second kappa shape index (κ2) is 5.10. The molecule has 0 aliphatic carbocycles. The summed E-state index contributed by atoms with van der Waals surface area (Å²) in [5, 5.41) is 0. The van der Waals surface area contributed by atoms with Crippen molar-refractivity contribution in [2.75, 3.05) is 0 Å². The summed E-state index contributed by atoms with van der Waals surface area (Å²) in [6.45, 7) is 8.17. The first-order valence-corrected chi connectivity index (χ1v) is 5.71. The smallest absolute Gasteiger partial charge is 0.260 e. The molecule has 0 bridgehead atoms. The van der Waals surface area contributed by atoms with Gasteiger partial charge in [0.05, 0.1) is 0 Å². The number of nitrogens with zero attached hydrogens (tertiary/aromatic N) is 2. The lowest BCUT2D eigenvalue weighted by atomic mass is 10.1. The van der Waals surface area contributed by atoms with Crippen LogP contribution in [-0.2, 0) is 7.05 Å². The second-order valence-electron chi connectivity index (χ2n) is 4.66. The lowest BCUT2D eigenvalue weighted by Crippen LogP contribution is -2.43. The Hall–Kier alpha value is -1.38. The van der Waals surface area contributed by atoms with Crippen LogP contribution in [-0.4, -0.2) is 22.9 Å². The molecule has 3 nitrogen and oxygen atoms in total. The van der Waals surface area contributed by atoms with Crippen molar-refractivity contribution >= 4 is 5.91 Å². The molecule has 1 amide bonds. The van der Waals surface area contributed by atoms with E-state index in [2.05, 4.69) is 0 Å². The molecule has 0 aliphatic heterocycles. The number of hydrogen-bond acceptors (Lipinski definition) is 1. The molecule has 0 unspecified atom stereocenters. The topological polar surface area (TPSA) is 24.2 Å². The van der Waals surface area contributed by atoms with Gasteiger partial charge in [0.2, 0.25) is 0 Å². The molecule has 0 spiro atoms. The van der Waals surface area contributed by atoms with Gasteiger partial charge in [-0.25, -0.2) is 4.57 Å². The Morgan fingerprint density at radius 1 is 1.25 bits per heavy atom. The van der Waals surface area contributed by atoms with E-state index in [9.17, 15) is 4.79 Å². The van der Waals surface area contributed by atoms with Gasteiger partial charge in [-0.05, 0) is 33.8 Å². The van der Waals surface area contributed by atoms with Crippen molar-refractivity contribution in [3.05, 3.63) is 30.1 Å². The van der Waals surface area contributed by atoms with E-state index in [1.807, 2.05) is 68.7 Å². The second-order valence-corrected chi connectivity index (χ2v) is 4.66. The van der Waals surface area contributed by atoms with Crippen molar-refractivity contribution in [2.24, 2.45) is 7.05 Å². The quantitative estimate of drug-likeness (QED) is 0.714. The number of aromatic nitrogens is 1. The number of hydrogen-bond donors (Lipinski definition) is 0. The summed E-state index contributed by atoms with van der Waals surface area (Å²) in [6.07, 6.45) is 3.78. The van der Waals surface area contributed by atoms with Crippen molar-refractivity contribution in [1.82, 2.24) is 4.90 Å². The normalized spacial score (nSPS) is 10.9. The maximum atomic E-state index is 12.3. The molecule has 0 atom stereocenters. The van der Waals surface area contributed by atoms with E-state index >= 15 is 0 Å². The van der Waals surface area contributed by atoms with E-state index in [0.717, 1.165) is 5.56 Å². The lowest BCUT2D eigenvalue weighted by molar-refractivity contribution is -0.671. The number of amides is 1. The molecule has 1 aromatic rings. The first kappa shape index (κ1) is 12.7. The van der Waals surface area contributed by atoms with Crippen LogP contribution in [0.5, 0.6) is 0 Å². The Morgan fingerprint density at radius 2 is 1.81 bits per heavy atom. The largest absolute Gasteiger partial charge is 0.334 e. The maximum absolute atomic E-state index is 12.3. The van der Waals surface area contributed by atoms with Gasteiger partial charge in [-0.3, -0.25) is 4.79 Å². The molecule has 0 aromatic carbocycles. The van der Waals surface area contributed by atoms with E-state index in [1.54, 1.807) is 0 Å². The average molecular weight is 221 g/mol. The highest BCUT2D eigenvalue weighted by Gasteiger charge is 2.22. The molecule has 16 heavy (non-hydrogen) atoms. The van der Waals surface area contributed by atoms with Crippen LogP contribution in [0.2, 0.25) is 0 Å². The number of carbonyl (C=O) groups is 1. The van der Waals surface area contributed by atoms with Gasteiger partial charge < -0.3 is 4.90 Å². The van der Waals surface area contributed by atoms with Crippen molar-refractivity contribution < 1.29 is 9.36 Å². The zero-order valence-corrected chi connectivity index (χ0v) is 10.8. The van der Waals surface area contributed by atoms with Gasteiger partial charge in [-0.1, -0.05) is 0 Å². The van der Waals surface area contributed by atoms with Crippen LogP contribution in [0.3, 0.4) is 0 Å². The molecule has 0 saturated carbocycles. The molecule has 0 saturated heterocycles. The van der Waals surface area contributed by atoms with Gasteiger partial charge in [0.15, 0.2) is 12.4 Å². The molecule has 3 heteroatoms. The SMILES string of the molecule is CC(C)N(C(=O)c1ccc[n+](C)c1)C(C)C. The predicted molar refractivity (Wildman–Crippen MR) is 64.1 cm³/mol. The molecule has 0 aliphatic rings. The van der Waals surface area contributed by atoms with Crippen molar-refractivity contribution in [3.63, 3.8) is 0 Å². The van der Waals surface area contributed by atoms with Gasteiger partial charge in [0.25, 0.3) is 5.91 Å². The van der Waals surface area contributed by atoms with Crippen molar-refractivity contribution in [2.45, 2.75) is 39.8 Å². The highest BCUT2D eigenvalue weighted by molar-refractivity contribution is 5.94. The third-order valence-corrected chi connectivity index (χ3v) is 2.53. The fraction of sp³-hybridized carbons (Fsp3) is 0.538. The minimum absolute atomic E-state index is 0.0983. The van der Waals surface area contributed by atoms with Crippen LogP contribution in [0.1, 0.15) is 38.1 Å². The Bertz CT molecular complexity index is 364. The Labute approximate surface area is 97.7 Å². The van der Waals surface area contributed by atoms with Gasteiger partial charge >= 0.3 is 0 Å². The summed E-state index contributed by atoms with van der Waals surface area (Å²) in [5.41, 5.74) is 0.743. The zero-order valence-electron chi connectivity index (χ0n) is 10.8. The highest BCUT2D eigenvalue weighted by Crippen LogP contribution is 2.10. The van der Waals surface area contributed by atoms with Gasteiger partial charge in [0, 0.05) is 18.2 Å². The summed E-state index contributed by atoms with van der Waals surface area (Å²) >= 11 is 0. The maximum Gasteiger partial charge on any atom is 0.260 e. The fourth-order valence-corrected chi connectivity index (χ4v) is 1.93. The predicted octanol–water partition coefficient (Wildman–Crippen LogP) is 1.77. The van der Waals surface area contributed by atoms with Crippen LogP contribution in [0.25, 0.3) is 0 Å². The van der Waals surface area contributed by atoms with Crippen LogP contribution in [0.15, 0.2) is 24.5 Å². The molecule has 1 rings (SSSR count). The van der Waals surface area contributed by atoms with E-state index in [1.165, 1.54) is 0 Å². The number of carbonyl (C=O) groups excluding carboxylic acids is 1. The Morgan fingerprint density at radius 3 is 2.25 bits per heavy atom. The third kappa shape index (κ3) is 2.81. The summed E-state index contributed by atoms with van der Waals surface area (Å²) in [5.74, 6) is 0.0983. The lowest BCUT2D eigenvalue weighted by Gasteiger charge is -2.30. The van der Waals surface area contributed by atoms with Crippen LogP contribution in [0.4, 0.5) is 0 Å². The van der Waals surface area contributed by atoms with Crippen molar-refractivity contribution in [1.29, 1.82) is 0 Å². The molecule has 88 valence electrons. The Kier molecular flexibility index (Phi) is 4.05. The first-order valence-electron chi connectivity index (χ1n) is 5.71. The molecule has 0 radical (unpaired) electrons. The fourth-order valence-electron chi connectivity index (χ4n) is 1.93. The van der Waals surface area contributed by atoms with E-state index in [0.29, 0.717) is 0 Å². The van der Waals surface area contributed by atoms with E-state index in [-0.39, 0.29) is 18.0 Å². The standard InChI is InChI=1S/C13H21N2O/c1-10(2)15(11(3)4)13(16)12-7-6-8-14(5)9-12/h6-11H,1-5H3/q+1. The number of pyridine rings is 1. The summed E-state index contributed by atoms with van der Waals surface area (Å²) in [6, 6.07) is 4.20. The zero-order chi connectivity index (χ0) is 12.3. The Balaban J connectivity index is 2.99. The first-order chi connectivity index (χ1) is 7.43. The van der Waals surface area contributed by atoms with Gasteiger partial charge in [0.1, 0.15) is 12.6 Å². The minimum atomic E-state index is 0.0983. The summed E-state index contributed by atoms with van der Waals surface area (Å²) in [7, 11) is 1.92. The highest BCUT2D eigenvalue weighted by atomic mass is 16.2. The third-order valence-electron chi connectivity index (χ3n) is 2.53. The van der Waals surface area contributed by atoms with Crippen molar-refractivity contribution in [3.8, 4) is 0 Å². The monoisotopic (exact) mass is 221 g/mol. The van der Waals surface area contributed by atoms with E-state index in [4.69, 9.17) is 0 Å². The van der Waals surface area contributed by atoms with Crippen LogP contribution >= 0.6 is 0 Å². The average Bonchev–Trinajstić information content (AvgIpc) is 2.16. The molecular formula is C13H21N2O+. The molecule has 0 fully saturated rings. The summed E-state index contributed by atoms with van der Waals surface area (Å²) in [4.78, 5) is 14.2. The molecule has 1 aromatic heterocycles. The summed E-state index contributed by atoms with van der Waals surface area (Å²) < 4.78 is 1.89. The van der Waals surface area contributed by atoms with Crippen LogP contribution in [0, 0.1) is 0 Å². The number of aryl methyl sites for hydroxylation is 1. The van der Waals surface area contributed by atoms with Crippen LogP contribution < -0.4 is 4.57 Å². The van der Waals surface area contributed by atoms with E-state index < -0.39 is 0 Å². The number of rotatable bonds is 3. The van der Waals surface area contributed by atoms with Gasteiger partial charge in [-0.2, -0.15) is 0 Å². The molecular weight excluding hydrogens is 200 g/mol. The minimum Gasteiger partial charge on any atom is -0.334 e. The van der Waals surface area contributed by atoms with Gasteiger partial charge in [-0.15, -0.1) is 0 Å².